The van der Waals surface area contributed by atoms with Gasteiger partial charge in [0, 0.05) is 16.2 Å². The van der Waals surface area contributed by atoms with Gasteiger partial charge in [-0.05, 0) is 32.4 Å². The summed E-state index contributed by atoms with van der Waals surface area (Å²) in [6, 6.07) is 0.474. The maximum Gasteiger partial charge on any atom is 0.357 e. The highest BCUT2D eigenvalue weighted by Crippen LogP contribution is 2.30. The van der Waals surface area contributed by atoms with Gasteiger partial charge in [0.15, 0.2) is 10.8 Å². The van der Waals surface area contributed by atoms with Gasteiger partial charge in [0.2, 0.25) is 0 Å². The van der Waals surface area contributed by atoms with Gasteiger partial charge >= 0.3 is 5.97 Å². The number of nitrogens with one attached hydrogen (secondary N) is 1. The average Bonchev–Trinajstić information content (AvgIpc) is 2.79. The number of methoxy groups -OCH3 is 1. The lowest BCUT2D eigenvalue weighted by atomic mass is 9.95. The monoisotopic (exact) mass is 300 g/mol. The van der Waals surface area contributed by atoms with Crippen molar-refractivity contribution >= 4 is 34.2 Å². The van der Waals surface area contributed by atoms with Gasteiger partial charge in [0.25, 0.3) is 0 Å². The molecule has 4 nitrogen and oxygen atoms in total. The lowest BCUT2D eigenvalue weighted by Crippen LogP contribution is -2.28. The molecule has 2 unspecified atom stereocenters. The van der Waals surface area contributed by atoms with Crippen molar-refractivity contribution in [1.29, 1.82) is 0 Å². The van der Waals surface area contributed by atoms with Crippen LogP contribution in [-0.4, -0.2) is 35.6 Å². The molecule has 0 aliphatic heterocycles. The van der Waals surface area contributed by atoms with Crippen LogP contribution in [0, 0.1) is 6.92 Å². The van der Waals surface area contributed by atoms with Crippen LogP contribution in [0.1, 0.15) is 41.0 Å². The molecule has 2 rings (SSSR count). The van der Waals surface area contributed by atoms with E-state index >= 15 is 0 Å². The summed E-state index contributed by atoms with van der Waals surface area (Å²) in [5, 5.41) is 5.05. The summed E-state index contributed by atoms with van der Waals surface area (Å²) in [5.41, 5.74) is 0.437. The molecule has 1 aromatic heterocycles. The third-order valence-electron chi connectivity index (χ3n) is 3.46. The largest absolute Gasteiger partial charge is 0.464 e. The van der Waals surface area contributed by atoms with Crippen molar-refractivity contribution in [2.24, 2.45) is 0 Å². The lowest BCUT2D eigenvalue weighted by Gasteiger charge is -2.28. The maximum absolute atomic E-state index is 11.5. The molecule has 0 aromatic carbocycles. The predicted octanol–water partition coefficient (Wildman–Crippen LogP) is 3.32. The van der Waals surface area contributed by atoms with Gasteiger partial charge in [-0.2, -0.15) is 11.8 Å². The standard InChI is InChI=1S/C13H20N2O2S2/c1-8-11(12(16)17-2)15-13(19-8)14-9-5-4-6-10(7-9)18-3/h9-10H,4-7H2,1-3H3,(H,14,15). The molecule has 1 fully saturated rings. The van der Waals surface area contributed by atoms with Crippen molar-refractivity contribution < 1.29 is 9.53 Å². The van der Waals surface area contributed by atoms with E-state index in [1.165, 1.54) is 44.1 Å². The van der Waals surface area contributed by atoms with Crippen LogP contribution in [0.25, 0.3) is 0 Å². The summed E-state index contributed by atoms with van der Waals surface area (Å²) in [4.78, 5) is 16.8. The molecule has 2 atom stereocenters. The molecule has 0 amide bonds. The number of ether oxygens (including phenoxy) is 1. The molecule has 0 radical (unpaired) electrons. The summed E-state index contributed by atoms with van der Waals surface area (Å²) in [5.74, 6) is -0.354. The van der Waals surface area contributed by atoms with Crippen LogP contribution < -0.4 is 5.32 Å². The Morgan fingerprint density at radius 2 is 2.32 bits per heavy atom. The Morgan fingerprint density at radius 3 is 3.00 bits per heavy atom. The maximum atomic E-state index is 11.5. The zero-order chi connectivity index (χ0) is 13.8. The number of carbonyl (C=O) groups is 1. The van der Waals surface area contributed by atoms with Crippen molar-refractivity contribution in [2.45, 2.75) is 43.9 Å². The van der Waals surface area contributed by atoms with E-state index in [0.29, 0.717) is 11.7 Å². The van der Waals surface area contributed by atoms with E-state index < -0.39 is 0 Å². The first-order valence-corrected chi connectivity index (χ1v) is 8.59. The molecule has 1 N–H and O–H groups in total. The third kappa shape index (κ3) is 3.63. The minimum absolute atomic E-state index is 0.354. The molecule has 1 aliphatic carbocycles. The Morgan fingerprint density at radius 1 is 1.53 bits per heavy atom. The molecule has 1 heterocycles. The fourth-order valence-electron chi connectivity index (χ4n) is 2.41. The van der Waals surface area contributed by atoms with Crippen LogP contribution in [0.5, 0.6) is 0 Å². The van der Waals surface area contributed by atoms with Crippen molar-refractivity contribution in [1.82, 2.24) is 4.98 Å². The summed E-state index contributed by atoms with van der Waals surface area (Å²) in [6.07, 6.45) is 7.10. The number of hydrogen-bond donors (Lipinski definition) is 1. The summed E-state index contributed by atoms with van der Waals surface area (Å²) >= 11 is 3.48. The van der Waals surface area contributed by atoms with Crippen molar-refractivity contribution in [3.05, 3.63) is 10.6 Å². The van der Waals surface area contributed by atoms with Crippen molar-refractivity contribution in [2.75, 3.05) is 18.7 Å². The Labute approximate surface area is 122 Å². The first-order chi connectivity index (χ1) is 9.13. The topological polar surface area (TPSA) is 51.2 Å². The van der Waals surface area contributed by atoms with E-state index in [2.05, 4.69) is 16.6 Å². The second-order valence-electron chi connectivity index (χ2n) is 4.78. The van der Waals surface area contributed by atoms with Crippen LogP contribution in [0.3, 0.4) is 0 Å². The SMILES string of the molecule is COC(=O)c1nc(NC2CCCC(SC)C2)sc1C. The van der Waals surface area contributed by atoms with Crippen molar-refractivity contribution in [3.63, 3.8) is 0 Å². The Hall–Kier alpha value is -0.750. The van der Waals surface area contributed by atoms with Gasteiger partial charge in [-0.15, -0.1) is 11.3 Å². The zero-order valence-corrected chi connectivity index (χ0v) is 13.2. The first kappa shape index (κ1) is 14.7. The van der Waals surface area contributed by atoms with E-state index in [4.69, 9.17) is 4.74 Å². The molecule has 6 heteroatoms. The second-order valence-corrected chi connectivity index (χ2v) is 7.12. The van der Waals surface area contributed by atoms with Crippen LogP contribution in [0.4, 0.5) is 5.13 Å². The van der Waals surface area contributed by atoms with Gasteiger partial charge in [0.1, 0.15) is 0 Å². The molecule has 1 aliphatic rings. The molecular formula is C13H20N2O2S2. The van der Waals surface area contributed by atoms with Crippen LogP contribution in [0.15, 0.2) is 0 Å². The highest BCUT2D eigenvalue weighted by molar-refractivity contribution is 7.99. The number of esters is 1. The van der Waals surface area contributed by atoms with E-state index in [9.17, 15) is 4.79 Å². The fourth-order valence-corrected chi connectivity index (χ4v) is 4.11. The summed E-state index contributed by atoms with van der Waals surface area (Å²) in [7, 11) is 1.39. The van der Waals surface area contributed by atoms with Gasteiger partial charge in [-0.1, -0.05) is 6.42 Å². The third-order valence-corrected chi connectivity index (χ3v) is 5.46. The second kappa shape index (κ2) is 6.61. The van der Waals surface area contributed by atoms with Crippen molar-refractivity contribution in [3.8, 4) is 0 Å². The van der Waals surface area contributed by atoms with E-state index in [1.54, 1.807) is 0 Å². The number of nitrogens with zero attached hydrogens (tertiary/aromatic N) is 1. The van der Waals surface area contributed by atoms with E-state index in [-0.39, 0.29) is 5.97 Å². The first-order valence-electron chi connectivity index (χ1n) is 6.49. The molecule has 1 saturated carbocycles. The van der Waals surface area contributed by atoms with Gasteiger partial charge < -0.3 is 10.1 Å². The molecule has 0 saturated heterocycles. The average molecular weight is 300 g/mol. The molecule has 0 spiro atoms. The van der Waals surface area contributed by atoms with Gasteiger partial charge in [-0.25, -0.2) is 9.78 Å². The molecule has 19 heavy (non-hydrogen) atoms. The number of aromatic nitrogens is 1. The normalized spacial score (nSPS) is 23.1. The number of thioether (sulfide) groups is 1. The number of thiazole rings is 1. The Balaban J connectivity index is 2.01. The highest BCUT2D eigenvalue weighted by atomic mass is 32.2. The minimum atomic E-state index is -0.354. The minimum Gasteiger partial charge on any atom is -0.464 e. The number of hydrogen-bond acceptors (Lipinski definition) is 6. The Bertz CT molecular complexity index is 448. The zero-order valence-electron chi connectivity index (χ0n) is 11.6. The molecule has 0 bridgehead atoms. The van der Waals surface area contributed by atoms with E-state index in [1.807, 2.05) is 18.7 Å². The predicted molar refractivity (Wildman–Crippen MR) is 81.4 cm³/mol. The van der Waals surface area contributed by atoms with Gasteiger partial charge in [-0.3, -0.25) is 0 Å². The number of carbonyl (C=O) groups excluding carboxylic acids is 1. The highest BCUT2D eigenvalue weighted by Gasteiger charge is 2.23. The molecule has 1 aromatic rings. The van der Waals surface area contributed by atoms with Gasteiger partial charge in [0.05, 0.1) is 7.11 Å². The number of anilines is 1. The van der Waals surface area contributed by atoms with E-state index in [0.717, 1.165) is 15.3 Å². The van der Waals surface area contributed by atoms with Crippen LogP contribution in [-0.2, 0) is 4.74 Å². The smallest absolute Gasteiger partial charge is 0.357 e. The molecular weight excluding hydrogens is 280 g/mol. The van der Waals surface area contributed by atoms with Crippen LogP contribution in [0.2, 0.25) is 0 Å². The quantitative estimate of drug-likeness (QED) is 0.864. The number of aryl methyl sites for hydroxylation is 1. The van der Waals surface area contributed by atoms with Crippen LogP contribution >= 0.6 is 23.1 Å². The fraction of sp³-hybridized carbons (Fsp3) is 0.692. The summed E-state index contributed by atoms with van der Waals surface area (Å²) < 4.78 is 4.73. The number of rotatable bonds is 4. The summed E-state index contributed by atoms with van der Waals surface area (Å²) in [6.45, 7) is 1.90. The molecule has 106 valence electrons. The Kier molecular flexibility index (Phi) is 5.10. The lowest BCUT2D eigenvalue weighted by molar-refractivity contribution is 0.0594.